The van der Waals surface area contributed by atoms with Crippen molar-refractivity contribution in [3.05, 3.63) is 29.3 Å². The van der Waals surface area contributed by atoms with Crippen molar-refractivity contribution >= 4 is 11.6 Å². The number of rotatable bonds is 3. The predicted molar refractivity (Wildman–Crippen MR) is 71.2 cm³/mol. The van der Waals surface area contributed by atoms with Gasteiger partial charge in [0, 0.05) is 18.8 Å². The van der Waals surface area contributed by atoms with Crippen LogP contribution in [0.5, 0.6) is 0 Å². The summed E-state index contributed by atoms with van der Waals surface area (Å²) in [4.78, 5) is 13.6. The minimum atomic E-state index is -0.428. The molecule has 4 nitrogen and oxygen atoms in total. The van der Waals surface area contributed by atoms with Gasteiger partial charge in [-0.15, -0.1) is 0 Å². The second-order valence-electron chi connectivity index (χ2n) is 5.38. The van der Waals surface area contributed by atoms with Crippen molar-refractivity contribution in [3.8, 4) is 0 Å². The minimum absolute atomic E-state index is 0.0557. The van der Waals surface area contributed by atoms with E-state index in [1.54, 1.807) is 0 Å². The zero-order valence-electron chi connectivity index (χ0n) is 10.9. The number of primary amides is 1. The van der Waals surface area contributed by atoms with Crippen molar-refractivity contribution in [1.82, 2.24) is 0 Å². The van der Waals surface area contributed by atoms with Crippen molar-refractivity contribution < 1.29 is 9.90 Å². The molecule has 1 aromatic carbocycles. The van der Waals surface area contributed by atoms with Crippen LogP contribution in [0.1, 0.15) is 24.5 Å². The van der Waals surface area contributed by atoms with Gasteiger partial charge < -0.3 is 15.7 Å². The molecular formula is C14H20N2O2. The van der Waals surface area contributed by atoms with Crippen LogP contribution in [-0.2, 0) is 11.4 Å². The Hall–Kier alpha value is -1.55. The number of hydrogen-bond donors (Lipinski definition) is 2. The van der Waals surface area contributed by atoms with E-state index in [1.807, 2.05) is 32.0 Å². The van der Waals surface area contributed by atoms with E-state index in [-0.39, 0.29) is 12.5 Å². The Morgan fingerprint density at radius 2 is 2.28 bits per heavy atom. The van der Waals surface area contributed by atoms with Gasteiger partial charge in [-0.05, 0) is 37.5 Å². The van der Waals surface area contributed by atoms with Gasteiger partial charge in [0.15, 0.2) is 0 Å². The largest absolute Gasteiger partial charge is 0.392 e. The molecule has 1 aromatic rings. The lowest BCUT2D eigenvalue weighted by atomic mass is 9.89. The van der Waals surface area contributed by atoms with E-state index in [0.717, 1.165) is 29.8 Å². The molecule has 0 aliphatic carbocycles. The molecule has 0 radical (unpaired) electrons. The van der Waals surface area contributed by atoms with Crippen LogP contribution in [0, 0.1) is 12.3 Å². The number of hydrogen-bond acceptors (Lipinski definition) is 3. The maximum Gasteiger partial charge on any atom is 0.225 e. The van der Waals surface area contributed by atoms with Crippen LogP contribution in [0.2, 0.25) is 0 Å². The maximum atomic E-state index is 11.4. The van der Waals surface area contributed by atoms with Crippen LogP contribution in [0.4, 0.5) is 5.69 Å². The predicted octanol–water partition coefficient (Wildman–Crippen LogP) is 1.19. The van der Waals surface area contributed by atoms with Gasteiger partial charge >= 0.3 is 0 Å². The van der Waals surface area contributed by atoms with Gasteiger partial charge in [0.2, 0.25) is 5.91 Å². The summed E-state index contributed by atoms with van der Waals surface area (Å²) in [6.45, 7) is 5.52. The Bertz CT molecular complexity index is 473. The monoisotopic (exact) mass is 248 g/mol. The second-order valence-corrected chi connectivity index (χ2v) is 5.38. The molecule has 0 bridgehead atoms. The van der Waals surface area contributed by atoms with E-state index < -0.39 is 5.41 Å². The summed E-state index contributed by atoms with van der Waals surface area (Å²) in [5.41, 5.74) is 8.18. The van der Waals surface area contributed by atoms with Crippen LogP contribution in [0.3, 0.4) is 0 Å². The summed E-state index contributed by atoms with van der Waals surface area (Å²) in [5.74, 6) is -0.227. The smallest absolute Gasteiger partial charge is 0.225 e. The third kappa shape index (κ3) is 2.20. The number of nitrogens with two attached hydrogens (primary N) is 1. The van der Waals surface area contributed by atoms with Gasteiger partial charge in [-0.2, -0.15) is 0 Å². The highest BCUT2D eigenvalue weighted by Gasteiger charge is 2.39. The topological polar surface area (TPSA) is 66.6 Å². The van der Waals surface area contributed by atoms with Crippen LogP contribution in [-0.4, -0.2) is 24.1 Å². The molecule has 0 aromatic heterocycles. The average molecular weight is 248 g/mol. The van der Waals surface area contributed by atoms with Crippen molar-refractivity contribution in [3.63, 3.8) is 0 Å². The van der Waals surface area contributed by atoms with E-state index in [4.69, 9.17) is 10.8 Å². The Kier molecular flexibility index (Phi) is 3.30. The first-order chi connectivity index (χ1) is 8.46. The van der Waals surface area contributed by atoms with E-state index in [1.165, 1.54) is 0 Å². The number of carbonyl (C=O) groups excluding carboxylic acids is 1. The lowest BCUT2D eigenvalue weighted by Crippen LogP contribution is -2.37. The fourth-order valence-corrected chi connectivity index (χ4v) is 2.54. The highest BCUT2D eigenvalue weighted by molar-refractivity contribution is 5.82. The number of aryl methyl sites for hydroxylation is 1. The fourth-order valence-electron chi connectivity index (χ4n) is 2.54. The van der Waals surface area contributed by atoms with Crippen molar-refractivity contribution in [2.45, 2.75) is 26.9 Å². The second kappa shape index (κ2) is 4.61. The van der Waals surface area contributed by atoms with Gasteiger partial charge in [0.1, 0.15) is 0 Å². The number of nitrogens with zero attached hydrogens (tertiary/aromatic N) is 1. The van der Waals surface area contributed by atoms with Gasteiger partial charge in [-0.25, -0.2) is 0 Å². The van der Waals surface area contributed by atoms with E-state index in [9.17, 15) is 4.79 Å². The summed E-state index contributed by atoms with van der Waals surface area (Å²) in [7, 11) is 0. The van der Waals surface area contributed by atoms with Gasteiger partial charge in [0.05, 0.1) is 12.0 Å². The molecule has 1 aliphatic rings. The molecule has 4 heteroatoms. The summed E-state index contributed by atoms with van der Waals surface area (Å²) in [5, 5.41) is 9.10. The number of benzene rings is 1. The van der Waals surface area contributed by atoms with E-state index in [0.29, 0.717) is 6.54 Å². The maximum absolute atomic E-state index is 11.4. The summed E-state index contributed by atoms with van der Waals surface area (Å²) in [6, 6.07) is 5.91. The van der Waals surface area contributed by atoms with Gasteiger partial charge in [-0.1, -0.05) is 12.1 Å². The molecule has 3 N–H and O–H groups in total. The van der Waals surface area contributed by atoms with Gasteiger partial charge in [-0.3, -0.25) is 4.79 Å². The van der Waals surface area contributed by atoms with Crippen LogP contribution in [0.25, 0.3) is 0 Å². The Labute approximate surface area is 107 Å². The van der Waals surface area contributed by atoms with Crippen molar-refractivity contribution in [1.29, 1.82) is 0 Å². The molecule has 1 saturated heterocycles. The first-order valence-electron chi connectivity index (χ1n) is 6.21. The van der Waals surface area contributed by atoms with E-state index >= 15 is 0 Å². The van der Waals surface area contributed by atoms with E-state index in [2.05, 4.69) is 4.90 Å². The molecule has 1 aliphatic heterocycles. The Balaban J connectivity index is 2.22. The standard InChI is InChI=1S/C14H20N2O2/c1-10-7-11(8-17)3-4-12(10)16-6-5-14(2,9-16)13(15)18/h3-4,7,17H,5-6,8-9H2,1-2H3,(H2,15,18). The Morgan fingerprint density at radius 3 is 2.78 bits per heavy atom. The summed E-state index contributed by atoms with van der Waals surface area (Å²) in [6.07, 6.45) is 0.795. The summed E-state index contributed by atoms with van der Waals surface area (Å²) < 4.78 is 0. The molecule has 1 heterocycles. The molecule has 2 rings (SSSR count). The molecule has 1 fully saturated rings. The lowest BCUT2D eigenvalue weighted by Gasteiger charge is -2.24. The van der Waals surface area contributed by atoms with Crippen LogP contribution >= 0.6 is 0 Å². The zero-order chi connectivity index (χ0) is 13.3. The number of aliphatic hydroxyl groups is 1. The highest BCUT2D eigenvalue weighted by Crippen LogP contribution is 2.34. The number of carbonyl (C=O) groups is 1. The zero-order valence-corrected chi connectivity index (χ0v) is 10.9. The molecule has 0 spiro atoms. The van der Waals surface area contributed by atoms with Crippen molar-refractivity contribution in [2.75, 3.05) is 18.0 Å². The van der Waals surface area contributed by atoms with Crippen molar-refractivity contribution in [2.24, 2.45) is 11.1 Å². The molecular weight excluding hydrogens is 228 g/mol. The third-order valence-corrected chi connectivity index (χ3v) is 3.85. The lowest BCUT2D eigenvalue weighted by molar-refractivity contribution is -0.125. The summed E-state index contributed by atoms with van der Waals surface area (Å²) >= 11 is 0. The first kappa shape index (κ1) is 12.9. The average Bonchev–Trinajstić information content (AvgIpc) is 2.73. The quantitative estimate of drug-likeness (QED) is 0.844. The minimum Gasteiger partial charge on any atom is -0.392 e. The highest BCUT2D eigenvalue weighted by atomic mass is 16.3. The molecule has 1 atom stereocenters. The SMILES string of the molecule is Cc1cc(CO)ccc1N1CCC(C)(C(N)=O)C1. The number of amides is 1. The molecule has 0 saturated carbocycles. The fraction of sp³-hybridized carbons (Fsp3) is 0.500. The molecule has 1 unspecified atom stereocenters. The third-order valence-electron chi connectivity index (χ3n) is 3.85. The Morgan fingerprint density at radius 1 is 1.56 bits per heavy atom. The number of aliphatic hydroxyl groups excluding tert-OH is 1. The number of anilines is 1. The molecule has 1 amide bonds. The molecule has 18 heavy (non-hydrogen) atoms. The molecule has 98 valence electrons. The first-order valence-corrected chi connectivity index (χ1v) is 6.21. The normalized spacial score (nSPS) is 23.4. The van der Waals surface area contributed by atoms with Crippen LogP contribution < -0.4 is 10.6 Å². The van der Waals surface area contributed by atoms with Gasteiger partial charge in [0.25, 0.3) is 0 Å². The van der Waals surface area contributed by atoms with Crippen LogP contribution in [0.15, 0.2) is 18.2 Å².